The van der Waals surface area contributed by atoms with Crippen molar-refractivity contribution in [2.45, 2.75) is 103 Å². The number of carbonyl (C=O) groups is 1. The van der Waals surface area contributed by atoms with Crippen LogP contribution in [0.5, 0.6) is 0 Å². The monoisotopic (exact) mass is 488 g/mol. The molecule has 0 spiro atoms. The molecular formula is C19H42BaO5. The number of unbranched alkanes of at least 4 members (excludes halogenated alkanes) is 12. The SMILES string of the molecule is CCCCCCCCCCCCCCCC(=O)O.OCC(O)CO.[Ba+2].[H-].[H-]. The minimum atomic E-state index is -0.954. The van der Waals surface area contributed by atoms with Crippen molar-refractivity contribution in [2.24, 2.45) is 0 Å². The molecule has 0 saturated heterocycles. The van der Waals surface area contributed by atoms with Gasteiger partial charge in [0.05, 0.1) is 13.2 Å². The fraction of sp³-hybridized carbons (Fsp3) is 0.947. The van der Waals surface area contributed by atoms with Gasteiger partial charge in [0.25, 0.3) is 0 Å². The summed E-state index contributed by atoms with van der Waals surface area (Å²) in [7, 11) is 0. The summed E-state index contributed by atoms with van der Waals surface area (Å²) >= 11 is 0. The second-order valence-corrected chi connectivity index (χ2v) is 6.41. The van der Waals surface area contributed by atoms with Crippen LogP contribution < -0.4 is 0 Å². The second-order valence-electron chi connectivity index (χ2n) is 6.41. The van der Waals surface area contributed by atoms with Crippen molar-refractivity contribution >= 4 is 54.9 Å². The van der Waals surface area contributed by atoms with Gasteiger partial charge in [0.1, 0.15) is 6.10 Å². The van der Waals surface area contributed by atoms with Crippen LogP contribution in [-0.4, -0.2) is 94.6 Å². The fourth-order valence-electron chi connectivity index (χ4n) is 2.35. The van der Waals surface area contributed by atoms with Gasteiger partial charge in [0.15, 0.2) is 0 Å². The molecule has 0 aromatic rings. The first-order chi connectivity index (χ1) is 11.6. The number of aliphatic hydroxyl groups is 3. The first kappa shape index (κ1) is 30.6. The first-order valence-electron chi connectivity index (χ1n) is 9.70. The molecule has 0 aromatic heterocycles. The quantitative estimate of drug-likeness (QED) is 0.196. The zero-order valence-electron chi connectivity index (χ0n) is 18.3. The molecule has 0 saturated carbocycles. The van der Waals surface area contributed by atoms with Crippen molar-refractivity contribution in [1.29, 1.82) is 0 Å². The van der Waals surface area contributed by atoms with Gasteiger partial charge in [-0.25, -0.2) is 0 Å². The Morgan fingerprint density at radius 1 is 0.760 bits per heavy atom. The molecule has 6 heteroatoms. The zero-order chi connectivity index (χ0) is 18.5. The average molecular weight is 488 g/mol. The average Bonchev–Trinajstić information content (AvgIpc) is 2.58. The number of aliphatic hydroxyl groups excluding tert-OH is 3. The first-order valence-corrected chi connectivity index (χ1v) is 9.70. The summed E-state index contributed by atoms with van der Waals surface area (Å²) in [6.45, 7) is 1.53. The van der Waals surface area contributed by atoms with Crippen molar-refractivity contribution in [3.05, 3.63) is 0 Å². The Morgan fingerprint density at radius 2 is 1.08 bits per heavy atom. The summed E-state index contributed by atoms with van der Waals surface area (Å²) in [6.07, 6.45) is 16.3. The number of hydrogen-bond donors (Lipinski definition) is 4. The number of rotatable bonds is 16. The van der Waals surface area contributed by atoms with Gasteiger partial charge in [-0.2, -0.15) is 0 Å². The van der Waals surface area contributed by atoms with E-state index in [2.05, 4.69) is 6.92 Å². The van der Waals surface area contributed by atoms with Crippen molar-refractivity contribution < 1.29 is 28.1 Å². The van der Waals surface area contributed by atoms with Gasteiger partial charge in [-0.3, -0.25) is 4.79 Å². The summed E-state index contributed by atoms with van der Waals surface area (Å²) in [5.41, 5.74) is 0. The molecule has 4 N–H and O–H groups in total. The number of carboxylic acids is 1. The molecule has 0 rings (SSSR count). The summed E-state index contributed by atoms with van der Waals surface area (Å²) in [4.78, 5) is 10.3. The smallest absolute Gasteiger partial charge is 1.00 e. The van der Waals surface area contributed by atoms with Gasteiger partial charge in [0, 0.05) is 6.42 Å². The molecular weight excluding hydrogens is 446 g/mol. The second kappa shape index (κ2) is 27.1. The van der Waals surface area contributed by atoms with E-state index in [9.17, 15) is 4.79 Å². The Labute approximate surface area is 197 Å². The van der Waals surface area contributed by atoms with E-state index in [0.717, 1.165) is 12.8 Å². The number of carboxylic acid groups (broad SMARTS) is 1. The summed E-state index contributed by atoms with van der Waals surface area (Å²) in [5, 5.41) is 32.5. The van der Waals surface area contributed by atoms with Crippen LogP contribution in [0.3, 0.4) is 0 Å². The maximum absolute atomic E-state index is 10.3. The van der Waals surface area contributed by atoms with E-state index in [4.69, 9.17) is 20.4 Å². The Kier molecular flexibility index (Phi) is 33.3. The van der Waals surface area contributed by atoms with Gasteiger partial charge in [0.2, 0.25) is 0 Å². The van der Waals surface area contributed by atoms with Crippen LogP contribution in [0.2, 0.25) is 0 Å². The molecule has 0 unspecified atom stereocenters. The van der Waals surface area contributed by atoms with Crippen molar-refractivity contribution in [2.75, 3.05) is 13.2 Å². The zero-order valence-corrected chi connectivity index (χ0v) is 20.7. The topological polar surface area (TPSA) is 98.0 Å². The predicted octanol–water partition coefficient (Wildman–Crippen LogP) is 3.73. The molecule has 0 amide bonds. The van der Waals surface area contributed by atoms with Gasteiger partial charge >= 0.3 is 54.9 Å². The Morgan fingerprint density at radius 3 is 1.32 bits per heavy atom. The summed E-state index contributed by atoms with van der Waals surface area (Å²) in [5.74, 6) is -0.655. The minimum Gasteiger partial charge on any atom is -1.00 e. The van der Waals surface area contributed by atoms with Gasteiger partial charge in [-0.15, -0.1) is 0 Å². The molecule has 0 heterocycles. The molecule has 25 heavy (non-hydrogen) atoms. The molecule has 0 atom stereocenters. The van der Waals surface area contributed by atoms with E-state index < -0.39 is 12.1 Å². The van der Waals surface area contributed by atoms with E-state index in [-0.39, 0.29) is 64.9 Å². The van der Waals surface area contributed by atoms with Crippen LogP contribution in [0.1, 0.15) is 99.7 Å². The van der Waals surface area contributed by atoms with E-state index in [1.54, 1.807) is 0 Å². The van der Waals surface area contributed by atoms with Crippen molar-refractivity contribution in [1.82, 2.24) is 0 Å². The summed E-state index contributed by atoms with van der Waals surface area (Å²) in [6, 6.07) is 0. The Bertz CT molecular complexity index is 258. The van der Waals surface area contributed by atoms with Gasteiger partial charge < -0.3 is 23.3 Å². The van der Waals surface area contributed by atoms with Gasteiger partial charge in [-0.05, 0) is 6.42 Å². The van der Waals surface area contributed by atoms with Crippen LogP contribution in [0, 0.1) is 0 Å². The summed E-state index contributed by atoms with van der Waals surface area (Å²) < 4.78 is 0. The third-order valence-electron chi connectivity index (χ3n) is 3.92. The number of hydrogen-bond acceptors (Lipinski definition) is 4. The molecule has 0 aliphatic carbocycles. The number of aliphatic carboxylic acids is 1. The molecule has 0 aliphatic heterocycles. The molecule has 0 aromatic carbocycles. The van der Waals surface area contributed by atoms with E-state index in [1.165, 1.54) is 70.6 Å². The Hall–Kier alpha value is 0.921. The predicted molar refractivity (Wildman–Crippen MR) is 106 cm³/mol. The van der Waals surface area contributed by atoms with Gasteiger partial charge in [-0.1, -0.05) is 84.0 Å². The third-order valence-corrected chi connectivity index (χ3v) is 3.92. The molecule has 0 bridgehead atoms. The maximum Gasteiger partial charge on any atom is 2.00 e. The molecule has 150 valence electrons. The standard InChI is InChI=1S/C16H32O2.C3H8O3.Ba.2H/c1-2-3-4-5-6-7-8-9-10-11-12-13-14-15-16(17)18;4-1-3(6)2-5;;;/h2-15H2,1H3,(H,17,18);3-6H,1-2H2;;;/q;;+2;2*-1. The molecule has 5 nitrogen and oxygen atoms in total. The van der Waals surface area contributed by atoms with Crippen LogP contribution >= 0.6 is 0 Å². The van der Waals surface area contributed by atoms with E-state index in [1.807, 2.05) is 0 Å². The van der Waals surface area contributed by atoms with Crippen molar-refractivity contribution in [3.63, 3.8) is 0 Å². The normalized spacial score (nSPS) is 10.1. The molecule has 0 aliphatic rings. The maximum atomic E-state index is 10.3. The van der Waals surface area contributed by atoms with Crippen LogP contribution in [0.25, 0.3) is 0 Å². The molecule has 0 fully saturated rings. The van der Waals surface area contributed by atoms with Crippen LogP contribution in [0.4, 0.5) is 0 Å². The van der Waals surface area contributed by atoms with Crippen LogP contribution in [0.15, 0.2) is 0 Å². The Balaban J connectivity index is -0.000000156. The van der Waals surface area contributed by atoms with Crippen LogP contribution in [-0.2, 0) is 4.79 Å². The largest absolute Gasteiger partial charge is 2.00 e. The van der Waals surface area contributed by atoms with E-state index >= 15 is 0 Å². The molecule has 0 radical (unpaired) electrons. The fourth-order valence-corrected chi connectivity index (χ4v) is 2.35. The minimum absolute atomic E-state index is 0. The van der Waals surface area contributed by atoms with E-state index in [0.29, 0.717) is 6.42 Å². The van der Waals surface area contributed by atoms with Crippen molar-refractivity contribution in [3.8, 4) is 0 Å². The third kappa shape index (κ3) is 33.0.